The van der Waals surface area contributed by atoms with Crippen molar-refractivity contribution in [3.63, 3.8) is 0 Å². The maximum atomic E-state index is 11.5. The number of likely N-dealkylation sites (tertiary alicyclic amines) is 1. The average Bonchev–Trinajstić information content (AvgIpc) is 2.68. The van der Waals surface area contributed by atoms with Gasteiger partial charge in [0.15, 0.2) is 5.13 Å². The number of carbonyl (C=O) groups excluding carboxylic acids is 2. The van der Waals surface area contributed by atoms with Crippen LogP contribution in [0.1, 0.15) is 6.42 Å². The van der Waals surface area contributed by atoms with E-state index in [-0.39, 0.29) is 18.2 Å². The van der Waals surface area contributed by atoms with Gasteiger partial charge in [0, 0.05) is 12.4 Å². The van der Waals surface area contributed by atoms with Crippen LogP contribution in [0.25, 0.3) is 0 Å². The molecule has 1 aromatic heterocycles. The van der Waals surface area contributed by atoms with E-state index < -0.39 is 6.04 Å². The molecule has 0 saturated carbocycles. The Balaban J connectivity index is 2.08. The van der Waals surface area contributed by atoms with Gasteiger partial charge in [0.25, 0.3) is 5.91 Å². The Morgan fingerprint density at radius 1 is 1.67 bits per heavy atom. The Morgan fingerprint density at radius 2 is 2.40 bits per heavy atom. The number of carbonyl (C=O) groups is 2. The third-order valence-corrected chi connectivity index (χ3v) is 3.25. The molecule has 80 valence electrons. The summed E-state index contributed by atoms with van der Waals surface area (Å²) in [6.45, 7) is 0. The molecule has 1 aromatic rings. The first-order valence-corrected chi connectivity index (χ1v) is 5.51. The summed E-state index contributed by atoms with van der Waals surface area (Å²) in [5.41, 5.74) is 0. The Labute approximate surface area is 95.0 Å². The number of imide groups is 1. The number of likely N-dealkylation sites (N-methyl/N-ethyl adjacent to an activating group) is 1. The number of aromatic nitrogens is 1. The smallest absolute Gasteiger partial charge is 0.251 e. The van der Waals surface area contributed by atoms with Gasteiger partial charge in [0.05, 0.1) is 6.42 Å². The first-order valence-electron chi connectivity index (χ1n) is 4.26. The number of thiazole rings is 1. The standard InChI is InChI=1S/C8H8ClN3O2S/c1-12-6(13)2-4(7(12)14)10-8-11-5(9)3-15-8/h3-4H,2H2,1H3,(H,10,11). The van der Waals surface area contributed by atoms with E-state index in [0.717, 1.165) is 4.90 Å². The Morgan fingerprint density at radius 3 is 2.87 bits per heavy atom. The highest BCUT2D eigenvalue weighted by Crippen LogP contribution is 2.22. The number of hydrogen-bond acceptors (Lipinski definition) is 5. The molecule has 1 fully saturated rings. The van der Waals surface area contributed by atoms with Gasteiger partial charge in [-0.3, -0.25) is 14.5 Å². The fraction of sp³-hybridized carbons (Fsp3) is 0.375. The van der Waals surface area contributed by atoms with Crippen LogP contribution in [0.2, 0.25) is 5.15 Å². The molecular weight excluding hydrogens is 238 g/mol. The topological polar surface area (TPSA) is 62.3 Å². The van der Waals surface area contributed by atoms with E-state index in [9.17, 15) is 9.59 Å². The van der Waals surface area contributed by atoms with E-state index in [1.807, 2.05) is 0 Å². The van der Waals surface area contributed by atoms with Gasteiger partial charge in [-0.15, -0.1) is 11.3 Å². The maximum Gasteiger partial charge on any atom is 0.251 e. The number of rotatable bonds is 2. The van der Waals surface area contributed by atoms with E-state index in [1.54, 1.807) is 5.38 Å². The van der Waals surface area contributed by atoms with E-state index in [1.165, 1.54) is 18.4 Å². The first kappa shape index (κ1) is 10.4. The minimum Gasteiger partial charge on any atom is -0.349 e. The maximum absolute atomic E-state index is 11.5. The van der Waals surface area contributed by atoms with Crippen molar-refractivity contribution in [2.45, 2.75) is 12.5 Å². The second-order valence-electron chi connectivity index (χ2n) is 3.17. The number of anilines is 1. The summed E-state index contributed by atoms with van der Waals surface area (Å²) in [5, 5.41) is 5.48. The second kappa shape index (κ2) is 3.79. The van der Waals surface area contributed by atoms with Crippen molar-refractivity contribution < 1.29 is 9.59 Å². The van der Waals surface area contributed by atoms with E-state index >= 15 is 0 Å². The number of amides is 2. The van der Waals surface area contributed by atoms with Crippen LogP contribution < -0.4 is 5.32 Å². The Bertz CT molecular complexity index is 420. The van der Waals surface area contributed by atoms with Crippen LogP contribution in [-0.4, -0.2) is 34.8 Å². The highest BCUT2D eigenvalue weighted by molar-refractivity contribution is 7.14. The fourth-order valence-electron chi connectivity index (χ4n) is 1.34. The molecular formula is C8H8ClN3O2S. The average molecular weight is 246 g/mol. The van der Waals surface area contributed by atoms with Crippen LogP contribution in [0.3, 0.4) is 0 Å². The van der Waals surface area contributed by atoms with Gasteiger partial charge in [0.2, 0.25) is 5.91 Å². The van der Waals surface area contributed by atoms with E-state index in [0.29, 0.717) is 10.3 Å². The van der Waals surface area contributed by atoms with E-state index in [2.05, 4.69) is 10.3 Å². The summed E-state index contributed by atoms with van der Waals surface area (Å²) in [6, 6.07) is -0.510. The number of hydrogen-bond donors (Lipinski definition) is 1. The number of halogens is 1. The highest BCUT2D eigenvalue weighted by Gasteiger charge is 2.36. The fourth-order valence-corrected chi connectivity index (χ4v) is 2.23. The highest BCUT2D eigenvalue weighted by atomic mass is 35.5. The molecule has 1 aliphatic rings. The second-order valence-corrected chi connectivity index (χ2v) is 4.41. The third kappa shape index (κ3) is 1.95. The van der Waals surface area contributed by atoms with Crippen LogP contribution >= 0.6 is 22.9 Å². The summed E-state index contributed by atoms with van der Waals surface area (Å²) in [5.74, 6) is -0.411. The molecule has 1 atom stereocenters. The van der Waals surface area contributed by atoms with Crippen molar-refractivity contribution in [1.82, 2.24) is 9.88 Å². The van der Waals surface area contributed by atoms with Crippen molar-refractivity contribution in [2.24, 2.45) is 0 Å². The van der Waals surface area contributed by atoms with Gasteiger partial charge in [-0.1, -0.05) is 11.6 Å². The SMILES string of the molecule is CN1C(=O)CC(Nc2nc(Cl)cs2)C1=O. The van der Waals surface area contributed by atoms with Gasteiger partial charge >= 0.3 is 0 Å². The monoisotopic (exact) mass is 245 g/mol. The molecule has 5 nitrogen and oxygen atoms in total. The van der Waals surface area contributed by atoms with Gasteiger partial charge in [-0.2, -0.15) is 0 Å². The summed E-state index contributed by atoms with van der Waals surface area (Å²) >= 11 is 6.94. The number of nitrogens with zero attached hydrogens (tertiary/aromatic N) is 2. The summed E-state index contributed by atoms with van der Waals surface area (Å²) < 4.78 is 0. The van der Waals surface area contributed by atoms with Crippen LogP contribution in [0, 0.1) is 0 Å². The Hall–Kier alpha value is -1.14. The summed E-state index contributed by atoms with van der Waals surface area (Å²) in [6.07, 6.45) is 0.173. The summed E-state index contributed by atoms with van der Waals surface area (Å²) in [7, 11) is 1.47. The lowest BCUT2D eigenvalue weighted by Crippen LogP contribution is -2.31. The molecule has 0 bridgehead atoms. The van der Waals surface area contributed by atoms with Crippen LogP contribution in [0.5, 0.6) is 0 Å². The third-order valence-electron chi connectivity index (χ3n) is 2.16. The minimum atomic E-state index is -0.510. The molecule has 1 saturated heterocycles. The largest absolute Gasteiger partial charge is 0.349 e. The molecule has 1 N–H and O–H groups in total. The molecule has 1 aliphatic heterocycles. The molecule has 2 rings (SSSR count). The quantitative estimate of drug-likeness (QED) is 0.789. The molecule has 0 aliphatic carbocycles. The van der Waals surface area contributed by atoms with Gasteiger partial charge < -0.3 is 5.32 Å². The van der Waals surface area contributed by atoms with Crippen LogP contribution in [-0.2, 0) is 9.59 Å². The molecule has 1 unspecified atom stereocenters. The number of nitrogens with one attached hydrogen (secondary N) is 1. The normalized spacial score (nSPS) is 21.2. The Kier molecular flexibility index (Phi) is 2.62. The molecule has 2 amide bonds. The molecule has 0 spiro atoms. The van der Waals surface area contributed by atoms with Gasteiger partial charge in [-0.25, -0.2) is 4.98 Å². The van der Waals surface area contributed by atoms with Crippen molar-refractivity contribution in [2.75, 3.05) is 12.4 Å². The van der Waals surface area contributed by atoms with Gasteiger partial charge in [0.1, 0.15) is 11.2 Å². The molecule has 2 heterocycles. The zero-order chi connectivity index (χ0) is 11.0. The van der Waals surface area contributed by atoms with Crippen molar-refractivity contribution in [1.29, 1.82) is 0 Å². The van der Waals surface area contributed by atoms with Crippen LogP contribution in [0.4, 0.5) is 5.13 Å². The predicted octanol–water partition coefficient (Wildman–Crippen LogP) is 0.966. The first-order chi connectivity index (χ1) is 7.08. The molecule has 0 aromatic carbocycles. The van der Waals surface area contributed by atoms with Gasteiger partial charge in [-0.05, 0) is 0 Å². The zero-order valence-electron chi connectivity index (χ0n) is 7.86. The lowest BCUT2D eigenvalue weighted by molar-refractivity contribution is -0.136. The lowest BCUT2D eigenvalue weighted by Gasteiger charge is -2.09. The van der Waals surface area contributed by atoms with Crippen LogP contribution in [0.15, 0.2) is 5.38 Å². The predicted molar refractivity (Wildman–Crippen MR) is 56.9 cm³/mol. The lowest BCUT2D eigenvalue weighted by atomic mass is 10.2. The minimum absolute atomic E-state index is 0.173. The van der Waals surface area contributed by atoms with E-state index in [4.69, 9.17) is 11.6 Å². The molecule has 15 heavy (non-hydrogen) atoms. The molecule has 0 radical (unpaired) electrons. The summed E-state index contributed by atoms with van der Waals surface area (Å²) in [4.78, 5) is 27.8. The zero-order valence-corrected chi connectivity index (χ0v) is 9.43. The van der Waals surface area contributed by atoms with Crippen molar-refractivity contribution in [3.8, 4) is 0 Å². The van der Waals surface area contributed by atoms with Crippen molar-refractivity contribution in [3.05, 3.63) is 10.5 Å². The molecule has 7 heteroatoms. The van der Waals surface area contributed by atoms with Crippen molar-refractivity contribution >= 4 is 39.9 Å².